The van der Waals surface area contributed by atoms with Gasteiger partial charge in [-0.3, -0.25) is 14.7 Å². The van der Waals surface area contributed by atoms with Gasteiger partial charge in [0, 0.05) is 35.1 Å². The summed E-state index contributed by atoms with van der Waals surface area (Å²) in [6.07, 6.45) is 4.31. The van der Waals surface area contributed by atoms with E-state index < -0.39 is 11.9 Å². The number of nitrogens with zero attached hydrogens (tertiary/aromatic N) is 2. The van der Waals surface area contributed by atoms with Crippen molar-refractivity contribution in [2.45, 2.75) is 39.5 Å². The molecule has 2 aliphatic rings. The monoisotopic (exact) mass is 451 g/mol. The topological polar surface area (TPSA) is 85.5 Å². The zero-order chi connectivity index (χ0) is 23.2. The SMILES string of the molecule is COC(=O)C1=C(N)N(c2cccc(Cl)c2C)C2=C(C(=O)CC(C)(C)C2)[C@H]1c1cccnc1. The van der Waals surface area contributed by atoms with Crippen LogP contribution in [0.2, 0.25) is 5.02 Å². The van der Waals surface area contributed by atoms with Crippen molar-refractivity contribution in [3.05, 3.63) is 81.5 Å². The Morgan fingerprint density at radius 2 is 2.00 bits per heavy atom. The van der Waals surface area contributed by atoms with Gasteiger partial charge < -0.3 is 10.5 Å². The predicted molar refractivity (Wildman–Crippen MR) is 124 cm³/mol. The van der Waals surface area contributed by atoms with Gasteiger partial charge in [-0.15, -0.1) is 0 Å². The van der Waals surface area contributed by atoms with Gasteiger partial charge in [-0.25, -0.2) is 4.79 Å². The van der Waals surface area contributed by atoms with Crippen LogP contribution >= 0.6 is 11.6 Å². The Balaban J connectivity index is 2.07. The number of nitrogens with two attached hydrogens (primary N) is 1. The van der Waals surface area contributed by atoms with Crippen LogP contribution in [0, 0.1) is 12.3 Å². The Bertz CT molecular complexity index is 1170. The van der Waals surface area contributed by atoms with Crippen LogP contribution in [0.5, 0.6) is 0 Å². The van der Waals surface area contributed by atoms with E-state index in [-0.39, 0.29) is 22.6 Å². The molecule has 7 heteroatoms. The highest BCUT2D eigenvalue weighted by Gasteiger charge is 2.46. The van der Waals surface area contributed by atoms with E-state index in [1.54, 1.807) is 24.5 Å². The van der Waals surface area contributed by atoms with E-state index in [1.807, 2.05) is 30.0 Å². The molecule has 2 N–H and O–H groups in total. The van der Waals surface area contributed by atoms with Gasteiger partial charge in [0.1, 0.15) is 5.82 Å². The summed E-state index contributed by atoms with van der Waals surface area (Å²) in [5.41, 5.74) is 10.3. The Hall–Kier alpha value is -3.12. The molecule has 1 atom stereocenters. The molecule has 0 amide bonds. The van der Waals surface area contributed by atoms with E-state index in [4.69, 9.17) is 22.1 Å². The lowest BCUT2D eigenvalue weighted by atomic mass is 9.68. The Morgan fingerprint density at radius 3 is 2.66 bits per heavy atom. The number of methoxy groups -OCH3 is 1. The standard InChI is InChI=1S/C25H26ClN3O3/c1-14-16(26)8-5-9-17(14)29-18-11-25(2,3)12-19(30)21(18)20(15-7-6-10-28-13-15)22(23(29)27)24(31)32-4/h5-10,13,20H,11-12,27H2,1-4H3/t20-/m1/s1. The molecule has 0 unspecified atom stereocenters. The molecular weight excluding hydrogens is 426 g/mol. The van der Waals surface area contributed by atoms with Crippen LogP contribution in [-0.4, -0.2) is 23.8 Å². The summed E-state index contributed by atoms with van der Waals surface area (Å²) in [4.78, 5) is 32.6. The van der Waals surface area contributed by atoms with Gasteiger partial charge >= 0.3 is 5.97 Å². The number of hydrogen-bond donors (Lipinski definition) is 1. The maximum atomic E-state index is 13.6. The molecule has 1 aliphatic heterocycles. The normalized spacial score (nSPS) is 20.3. The number of carbonyl (C=O) groups is 2. The smallest absolute Gasteiger partial charge is 0.338 e. The number of allylic oxidation sites excluding steroid dienone is 2. The van der Waals surface area contributed by atoms with Gasteiger partial charge in [0.2, 0.25) is 0 Å². The van der Waals surface area contributed by atoms with Crippen molar-refractivity contribution in [2.75, 3.05) is 12.0 Å². The number of esters is 1. The summed E-state index contributed by atoms with van der Waals surface area (Å²) in [7, 11) is 1.31. The van der Waals surface area contributed by atoms with Gasteiger partial charge in [-0.05, 0) is 48.1 Å². The molecular formula is C25H26ClN3O3. The van der Waals surface area contributed by atoms with Crippen LogP contribution in [0.4, 0.5) is 5.69 Å². The second kappa shape index (κ2) is 8.10. The second-order valence-electron chi connectivity index (χ2n) is 9.03. The molecule has 2 heterocycles. The molecule has 1 aromatic carbocycles. The average molecular weight is 452 g/mol. The predicted octanol–water partition coefficient (Wildman–Crippen LogP) is 4.63. The second-order valence-corrected chi connectivity index (χ2v) is 9.44. The maximum absolute atomic E-state index is 13.6. The van der Waals surface area contributed by atoms with Crippen molar-refractivity contribution in [1.82, 2.24) is 4.98 Å². The number of anilines is 1. The first-order valence-corrected chi connectivity index (χ1v) is 10.8. The first-order valence-electron chi connectivity index (χ1n) is 10.5. The molecule has 1 aliphatic carbocycles. The number of ether oxygens (including phenoxy) is 1. The highest BCUT2D eigenvalue weighted by Crippen LogP contribution is 2.51. The molecule has 32 heavy (non-hydrogen) atoms. The summed E-state index contributed by atoms with van der Waals surface area (Å²) >= 11 is 6.42. The number of benzene rings is 1. The third kappa shape index (κ3) is 3.58. The van der Waals surface area contributed by atoms with Crippen molar-refractivity contribution < 1.29 is 14.3 Å². The number of halogens is 1. The number of ketones is 1. The van der Waals surface area contributed by atoms with E-state index in [9.17, 15) is 9.59 Å². The van der Waals surface area contributed by atoms with E-state index in [0.717, 1.165) is 22.5 Å². The number of rotatable bonds is 3. The fourth-order valence-electron chi connectivity index (χ4n) is 4.71. The molecule has 0 radical (unpaired) electrons. The lowest BCUT2D eigenvalue weighted by Crippen LogP contribution is -2.44. The van der Waals surface area contributed by atoms with E-state index in [1.165, 1.54) is 7.11 Å². The minimum atomic E-state index is -0.648. The van der Waals surface area contributed by atoms with Crippen LogP contribution < -0.4 is 10.6 Å². The van der Waals surface area contributed by atoms with Gasteiger partial charge in [-0.2, -0.15) is 0 Å². The Kier molecular flexibility index (Phi) is 5.59. The minimum absolute atomic E-state index is 0.0105. The van der Waals surface area contributed by atoms with Crippen LogP contribution in [0.25, 0.3) is 0 Å². The highest BCUT2D eigenvalue weighted by molar-refractivity contribution is 6.31. The van der Waals surface area contributed by atoms with Gasteiger partial charge in [0.15, 0.2) is 5.78 Å². The first kappa shape index (κ1) is 22.1. The first-order chi connectivity index (χ1) is 15.2. The number of hydrogen-bond acceptors (Lipinski definition) is 6. The number of carbonyl (C=O) groups excluding carboxylic acids is 2. The fourth-order valence-corrected chi connectivity index (χ4v) is 4.88. The molecule has 0 saturated heterocycles. The Morgan fingerprint density at radius 1 is 1.25 bits per heavy atom. The van der Waals surface area contributed by atoms with E-state index >= 15 is 0 Å². The summed E-state index contributed by atoms with van der Waals surface area (Å²) in [6, 6.07) is 9.16. The van der Waals surface area contributed by atoms with Crippen LogP contribution in [0.1, 0.15) is 43.7 Å². The molecule has 0 saturated carbocycles. The van der Waals surface area contributed by atoms with Crippen molar-refractivity contribution >= 4 is 29.0 Å². The quantitative estimate of drug-likeness (QED) is 0.684. The summed E-state index contributed by atoms with van der Waals surface area (Å²) in [5, 5.41) is 0.577. The molecule has 6 nitrogen and oxygen atoms in total. The summed E-state index contributed by atoms with van der Waals surface area (Å²) in [5.74, 6) is -1.00. The fraction of sp³-hybridized carbons (Fsp3) is 0.320. The van der Waals surface area contributed by atoms with Crippen LogP contribution in [-0.2, 0) is 14.3 Å². The Labute approximate surface area is 192 Å². The van der Waals surface area contributed by atoms with Gasteiger partial charge in [0.05, 0.1) is 24.3 Å². The molecule has 166 valence electrons. The molecule has 2 aromatic rings. The van der Waals surface area contributed by atoms with Crippen molar-refractivity contribution in [3.63, 3.8) is 0 Å². The number of aromatic nitrogens is 1. The van der Waals surface area contributed by atoms with Crippen molar-refractivity contribution in [1.29, 1.82) is 0 Å². The largest absolute Gasteiger partial charge is 0.466 e. The molecule has 1 aromatic heterocycles. The van der Waals surface area contributed by atoms with Gasteiger partial charge in [0.25, 0.3) is 0 Å². The van der Waals surface area contributed by atoms with Crippen LogP contribution in [0.15, 0.2) is 65.4 Å². The highest BCUT2D eigenvalue weighted by atomic mass is 35.5. The average Bonchev–Trinajstić information content (AvgIpc) is 2.75. The zero-order valence-corrected chi connectivity index (χ0v) is 19.4. The van der Waals surface area contributed by atoms with Crippen molar-refractivity contribution in [3.8, 4) is 0 Å². The van der Waals surface area contributed by atoms with E-state index in [2.05, 4.69) is 18.8 Å². The molecule has 0 fully saturated rings. The lowest BCUT2D eigenvalue weighted by Gasteiger charge is -2.44. The molecule has 4 rings (SSSR count). The minimum Gasteiger partial charge on any atom is -0.466 e. The van der Waals surface area contributed by atoms with Gasteiger partial charge in [-0.1, -0.05) is 37.6 Å². The molecule has 0 bridgehead atoms. The number of pyridine rings is 1. The van der Waals surface area contributed by atoms with Crippen LogP contribution in [0.3, 0.4) is 0 Å². The zero-order valence-electron chi connectivity index (χ0n) is 18.6. The third-order valence-corrected chi connectivity index (χ3v) is 6.57. The molecule has 0 spiro atoms. The third-order valence-electron chi connectivity index (χ3n) is 6.16. The lowest BCUT2D eigenvalue weighted by molar-refractivity contribution is -0.136. The summed E-state index contributed by atoms with van der Waals surface area (Å²) < 4.78 is 5.12. The van der Waals surface area contributed by atoms with Crippen molar-refractivity contribution in [2.24, 2.45) is 11.1 Å². The maximum Gasteiger partial charge on any atom is 0.338 e. The number of Topliss-reactive ketones (excluding diaryl/α,β-unsaturated/α-hetero) is 1. The van der Waals surface area contributed by atoms with E-state index in [0.29, 0.717) is 23.4 Å². The summed E-state index contributed by atoms with van der Waals surface area (Å²) in [6.45, 7) is 6.02.